The number of hydrogen-bond acceptors (Lipinski definition) is 3. The predicted molar refractivity (Wildman–Crippen MR) is 62.2 cm³/mol. The molecule has 0 aromatic carbocycles. The van der Waals surface area contributed by atoms with Crippen LogP contribution in [0.1, 0.15) is 24.5 Å². The Kier molecular flexibility index (Phi) is 2.21. The Morgan fingerprint density at radius 1 is 1.50 bits per heavy atom. The summed E-state index contributed by atoms with van der Waals surface area (Å²) in [6.45, 7) is 0. The van der Waals surface area contributed by atoms with Crippen LogP contribution in [0.5, 0.6) is 0 Å². The van der Waals surface area contributed by atoms with Gasteiger partial charge in [0, 0.05) is 5.92 Å². The molecule has 1 N–H and O–H groups in total. The average molecular weight is 281 g/mol. The molecule has 2 aromatic heterocycles. The highest BCUT2D eigenvalue weighted by Crippen LogP contribution is 2.41. The van der Waals surface area contributed by atoms with Crippen molar-refractivity contribution in [2.24, 2.45) is 0 Å². The van der Waals surface area contributed by atoms with Gasteiger partial charge in [0.15, 0.2) is 0 Å². The van der Waals surface area contributed by atoms with Crippen molar-refractivity contribution in [1.29, 1.82) is 0 Å². The lowest BCUT2D eigenvalue weighted by molar-refractivity contribution is 0.568. The van der Waals surface area contributed by atoms with Gasteiger partial charge in [-0.3, -0.25) is 4.79 Å². The molecule has 2 aromatic rings. The largest absolute Gasteiger partial charge is 0.472 e. The minimum atomic E-state index is -0.131. The zero-order valence-electron chi connectivity index (χ0n) is 8.37. The molecule has 1 aliphatic carbocycles. The highest BCUT2D eigenvalue weighted by atomic mass is 79.9. The second kappa shape index (κ2) is 3.59. The molecule has 0 radical (unpaired) electrons. The van der Waals surface area contributed by atoms with Gasteiger partial charge in [0.2, 0.25) is 0 Å². The van der Waals surface area contributed by atoms with Crippen LogP contribution in [0, 0.1) is 0 Å². The van der Waals surface area contributed by atoms with Gasteiger partial charge in [-0.2, -0.15) is 0 Å². The minimum absolute atomic E-state index is 0.131. The lowest BCUT2D eigenvalue weighted by Gasteiger charge is -2.03. The molecular formula is C11H9BrN2O2. The van der Waals surface area contributed by atoms with E-state index in [1.165, 1.54) is 0 Å². The van der Waals surface area contributed by atoms with Gasteiger partial charge in [-0.15, -0.1) is 0 Å². The molecule has 0 bridgehead atoms. The topological polar surface area (TPSA) is 58.9 Å². The minimum Gasteiger partial charge on any atom is -0.472 e. The van der Waals surface area contributed by atoms with E-state index in [0.717, 1.165) is 24.1 Å². The molecule has 3 rings (SSSR count). The summed E-state index contributed by atoms with van der Waals surface area (Å²) in [5.74, 6) is 1.01. The summed E-state index contributed by atoms with van der Waals surface area (Å²) in [4.78, 5) is 18.9. The van der Waals surface area contributed by atoms with Gasteiger partial charge in [0.1, 0.15) is 16.6 Å². The fraction of sp³-hybridized carbons (Fsp3) is 0.273. The Labute approximate surface area is 99.8 Å². The van der Waals surface area contributed by atoms with Crippen LogP contribution in [0.4, 0.5) is 0 Å². The normalized spacial score (nSPS) is 15.3. The first-order valence-corrected chi connectivity index (χ1v) is 5.87. The smallest absolute Gasteiger partial charge is 0.265 e. The van der Waals surface area contributed by atoms with E-state index in [1.54, 1.807) is 18.6 Å². The van der Waals surface area contributed by atoms with Gasteiger partial charge < -0.3 is 9.40 Å². The summed E-state index contributed by atoms with van der Waals surface area (Å²) in [5, 5.41) is 0. The van der Waals surface area contributed by atoms with Crippen molar-refractivity contribution < 1.29 is 4.42 Å². The Balaban J connectivity index is 2.17. The van der Waals surface area contributed by atoms with E-state index in [9.17, 15) is 4.79 Å². The van der Waals surface area contributed by atoms with Gasteiger partial charge in [-0.05, 0) is 34.8 Å². The molecule has 16 heavy (non-hydrogen) atoms. The van der Waals surface area contributed by atoms with Crippen LogP contribution >= 0.6 is 15.9 Å². The monoisotopic (exact) mass is 280 g/mol. The molecular weight excluding hydrogens is 272 g/mol. The van der Waals surface area contributed by atoms with Crippen molar-refractivity contribution in [3.63, 3.8) is 0 Å². The number of hydrogen-bond donors (Lipinski definition) is 1. The first-order chi connectivity index (χ1) is 7.75. The quantitative estimate of drug-likeness (QED) is 0.920. The second-order valence-corrected chi connectivity index (χ2v) is 4.69. The lowest BCUT2D eigenvalue weighted by atomic mass is 10.2. The molecule has 0 saturated heterocycles. The molecule has 0 atom stereocenters. The van der Waals surface area contributed by atoms with Crippen LogP contribution in [0.3, 0.4) is 0 Å². The van der Waals surface area contributed by atoms with Gasteiger partial charge >= 0.3 is 0 Å². The summed E-state index contributed by atoms with van der Waals surface area (Å²) in [6, 6.07) is 1.78. The Morgan fingerprint density at radius 3 is 2.94 bits per heavy atom. The van der Waals surface area contributed by atoms with E-state index in [2.05, 4.69) is 25.9 Å². The molecule has 2 heterocycles. The Morgan fingerprint density at radius 2 is 2.31 bits per heavy atom. The summed E-state index contributed by atoms with van der Waals surface area (Å²) >= 11 is 3.29. The Hall–Kier alpha value is -1.36. The predicted octanol–water partition coefficient (Wildman–Crippen LogP) is 2.67. The fourth-order valence-corrected chi connectivity index (χ4v) is 2.15. The van der Waals surface area contributed by atoms with E-state index in [-0.39, 0.29) is 5.56 Å². The fourth-order valence-electron chi connectivity index (χ4n) is 1.64. The number of aromatic nitrogens is 2. The number of halogens is 1. The molecule has 0 aliphatic heterocycles. The molecule has 0 unspecified atom stereocenters. The number of furan rings is 1. The highest BCUT2D eigenvalue weighted by Gasteiger charge is 2.29. The number of H-pyrrole nitrogens is 1. The average Bonchev–Trinajstić information content (AvgIpc) is 2.96. The molecule has 82 valence electrons. The molecule has 4 nitrogen and oxygen atoms in total. The van der Waals surface area contributed by atoms with E-state index in [4.69, 9.17) is 4.42 Å². The standard InChI is InChI=1S/C11H9BrN2O2/c12-8-9(6-1-2-6)13-10(14-11(8)15)7-3-4-16-5-7/h3-6H,1-2H2,(H,13,14,15). The maximum atomic E-state index is 11.7. The van der Waals surface area contributed by atoms with Crippen LogP contribution in [-0.4, -0.2) is 9.97 Å². The first-order valence-electron chi connectivity index (χ1n) is 5.08. The highest BCUT2D eigenvalue weighted by molar-refractivity contribution is 9.10. The van der Waals surface area contributed by atoms with E-state index < -0.39 is 0 Å². The van der Waals surface area contributed by atoms with E-state index in [0.29, 0.717) is 16.2 Å². The van der Waals surface area contributed by atoms with Gasteiger partial charge in [0.25, 0.3) is 5.56 Å². The maximum absolute atomic E-state index is 11.7. The number of aromatic amines is 1. The molecule has 1 saturated carbocycles. The number of nitrogens with one attached hydrogen (secondary N) is 1. The van der Waals surface area contributed by atoms with Crippen LogP contribution in [0.25, 0.3) is 11.4 Å². The summed E-state index contributed by atoms with van der Waals surface area (Å²) < 4.78 is 5.54. The van der Waals surface area contributed by atoms with Crippen LogP contribution in [-0.2, 0) is 0 Å². The van der Waals surface area contributed by atoms with Crippen molar-refractivity contribution in [2.75, 3.05) is 0 Å². The summed E-state index contributed by atoms with van der Waals surface area (Å²) in [7, 11) is 0. The van der Waals surface area contributed by atoms with Gasteiger partial charge in [-0.25, -0.2) is 4.98 Å². The SMILES string of the molecule is O=c1[nH]c(-c2ccoc2)nc(C2CC2)c1Br. The lowest BCUT2D eigenvalue weighted by Crippen LogP contribution is -2.12. The molecule has 5 heteroatoms. The number of rotatable bonds is 2. The van der Waals surface area contributed by atoms with Crippen molar-refractivity contribution in [3.8, 4) is 11.4 Å². The second-order valence-electron chi connectivity index (χ2n) is 3.90. The maximum Gasteiger partial charge on any atom is 0.265 e. The van der Waals surface area contributed by atoms with E-state index in [1.807, 2.05) is 0 Å². The Bertz CT molecular complexity index is 570. The summed E-state index contributed by atoms with van der Waals surface area (Å²) in [5.41, 5.74) is 1.53. The van der Waals surface area contributed by atoms with Gasteiger partial charge in [0.05, 0.1) is 17.5 Å². The molecule has 1 fully saturated rings. The molecule has 0 amide bonds. The zero-order chi connectivity index (χ0) is 11.1. The third-order valence-corrected chi connectivity index (χ3v) is 3.41. The third kappa shape index (κ3) is 1.61. The summed E-state index contributed by atoms with van der Waals surface area (Å²) in [6.07, 6.45) is 5.36. The first kappa shape index (κ1) is 9.84. The number of nitrogens with zero attached hydrogens (tertiary/aromatic N) is 1. The third-order valence-electron chi connectivity index (χ3n) is 2.65. The molecule has 0 spiro atoms. The van der Waals surface area contributed by atoms with Crippen LogP contribution < -0.4 is 5.56 Å². The van der Waals surface area contributed by atoms with Crippen molar-refractivity contribution in [3.05, 3.63) is 39.1 Å². The van der Waals surface area contributed by atoms with Gasteiger partial charge in [-0.1, -0.05) is 0 Å². The van der Waals surface area contributed by atoms with Crippen LogP contribution in [0.2, 0.25) is 0 Å². The van der Waals surface area contributed by atoms with Crippen molar-refractivity contribution >= 4 is 15.9 Å². The molecule has 1 aliphatic rings. The van der Waals surface area contributed by atoms with Crippen molar-refractivity contribution in [2.45, 2.75) is 18.8 Å². The van der Waals surface area contributed by atoms with E-state index >= 15 is 0 Å². The zero-order valence-corrected chi connectivity index (χ0v) is 9.95. The van der Waals surface area contributed by atoms with Crippen molar-refractivity contribution in [1.82, 2.24) is 9.97 Å². The van der Waals surface area contributed by atoms with Crippen LogP contribution in [0.15, 0.2) is 32.3 Å².